The molecule has 4 saturated heterocycles. The maximum Gasteiger partial charge on any atom is 0.151 e. The number of aromatic nitrogens is 4. The number of imidazole rings is 2. The molecule has 6 aromatic rings. The van der Waals surface area contributed by atoms with E-state index in [4.69, 9.17) is 9.97 Å². The zero-order valence-corrected chi connectivity index (χ0v) is 34.3. The van der Waals surface area contributed by atoms with Crippen molar-refractivity contribution in [2.24, 2.45) is 0 Å². The Morgan fingerprint density at radius 1 is 0.632 bits per heavy atom. The number of anilines is 2. The number of rotatable bonds is 8. The fraction of sp³-hybridized carbons (Fsp3) is 0.435. The Bertz CT molecular complexity index is 2290. The molecule has 0 radical (unpaired) electrons. The lowest BCUT2D eigenvalue weighted by Crippen LogP contribution is -2.38. The van der Waals surface area contributed by atoms with E-state index in [1.807, 2.05) is 4.90 Å². The van der Waals surface area contributed by atoms with Crippen molar-refractivity contribution in [2.45, 2.75) is 101 Å². The van der Waals surface area contributed by atoms with Crippen LogP contribution >= 0.6 is 0 Å². The molecule has 4 N–H and O–H groups in total. The molecular weight excluding hydrogens is 731 g/mol. The molecule has 0 spiro atoms. The second-order valence-electron chi connectivity index (χ2n) is 18.0. The molecule has 6 heterocycles. The van der Waals surface area contributed by atoms with Crippen LogP contribution in [0.25, 0.3) is 22.1 Å². The minimum Gasteiger partial charge on any atom is -0.367 e. The molecule has 296 valence electrons. The number of H-pyrrole nitrogens is 2. The van der Waals surface area contributed by atoms with E-state index in [-0.39, 0.29) is 29.9 Å². The first-order chi connectivity index (χ1) is 27.7. The Kier molecular flexibility index (Phi) is 9.45. The molecule has 0 aliphatic carbocycles. The molecule has 4 atom stereocenters. The lowest BCUT2D eigenvalue weighted by Gasteiger charge is -2.36. The first kappa shape index (κ1) is 36.7. The lowest BCUT2D eigenvalue weighted by atomic mass is 9.89. The second kappa shape index (κ2) is 14.7. The molecule has 0 saturated carbocycles. The van der Waals surface area contributed by atoms with E-state index in [0.717, 1.165) is 109 Å². The predicted octanol–water partition coefficient (Wildman–Crippen LogP) is 9.58. The summed E-state index contributed by atoms with van der Waals surface area (Å²) in [6.07, 6.45) is 7.86. The Morgan fingerprint density at radius 2 is 1.19 bits per heavy atom. The highest BCUT2D eigenvalue weighted by molar-refractivity contribution is 6.88. The van der Waals surface area contributed by atoms with Crippen LogP contribution in [-0.2, 0) is 0 Å². The van der Waals surface area contributed by atoms with Crippen LogP contribution in [0.15, 0.2) is 72.8 Å². The summed E-state index contributed by atoms with van der Waals surface area (Å²) >= 11 is 0. The second-order valence-corrected chi connectivity index (χ2v) is 23.1. The van der Waals surface area contributed by atoms with Gasteiger partial charge in [-0.15, -0.1) is 0 Å². The standard InChI is InChI=1S/C46H54F2N8Si/c1-57(2,3)33-8-4-7-29(23-33)28-17-21-55(22-18-28)44-34(47)26-32(27-35(44)48)56-42(30-11-13-36-40(24-30)53-45(51-36)38-9-5-19-49-38)15-16-43(56)31-12-14-37-41(25-31)54-46(52-37)39-10-6-20-50-39/h4,7-8,11-14,23-28,38-39,42-43,49-50H,5-6,9-10,15-22H2,1-3H3,(H,51,53)(H,52,54)/t38-,39-,42+,43+/m0/s1. The summed E-state index contributed by atoms with van der Waals surface area (Å²) in [6, 6.07) is 25.4. The summed E-state index contributed by atoms with van der Waals surface area (Å²) in [5.74, 6) is 1.35. The number of halogens is 2. The van der Waals surface area contributed by atoms with Crippen LogP contribution in [0.3, 0.4) is 0 Å². The maximum atomic E-state index is 16.6. The third-order valence-electron chi connectivity index (χ3n) is 13.3. The third kappa shape index (κ3) is 6.95. The average molecular weight is 785 g/mol. The molecule has 4 fully saturated rings. The monoisotopic (exact) mass is 784 g/mol. The van der Waals surface area contributed by atoms with Gasteiger partial charge in [0.15, 0.2) is 11.6 Å². The van der Waals surface area contributed by atoms with Gasteiger partial charge in [0.2, 0.25) is 0 Å². The quantitative estimate of drug-likeness (QED) is 0.115. The van der Waals surface area contributed by atoms with Gasteiger partial charge in [-0.3, -0.25) is 0 Å². The SMILES string of the molecule is C[Si](C)(C)c1cccc(C2CCN(c3c(F)cc(N4[C@@H](c5ccc6nc([C@@H]7CCCN7)[nH]c6c5)CC[C@@H]4c4ccc5nc([C@@H]6CCCN6)[nH]c5c4)cc3F)CC2)c1. The molecule has 0 amide bonds. The number of piperidine rings is 1. The highest BCUT2D eigenvalue weighted by atomic mass is 28.3. The van der Waals surface area contributed by atoms with E-state index in [2.05, 4.69) is 106 Å². The summed E-state index contributed by atoms with van der Waals surface area (Å²) in [4.78, 5) is 21.2. The zero-order chi connectivity index (χ0) is 38.8. The minimum absolute atomic E-state index is 0.0845. The molecule has 11 heteroatoms. The molecule has 2 aromatic heterocycles. The van der Waals surface area contributed by atoms with Crippen molar-refractivity contribution in [3.8, 4) is 0 Å². The van der Waals surface area contributed by atoms with Gasteiger partial charge < -0.3 is 30.4 Å². The molecule has 10 rings (SSSR count). The Labute approximate surface area is 334 Å². The number of hydrogen-bond donors (Lipinski definition) is 4. The van der Waals surface area contributed by atoms with Crippen molar-refractivity contribution in [1.29, 1.82) is 0 Å². The summed E-state index contributed by atoms with van der Waals surface area (Å²) in [7, 11) is -1.44. The lowest BCUT2D eigenvalue weighted by molar-refractivity contribution is 0.486. The number of fused-ring (bicyclic) bond motifs is 2. The summed E-state index contributed by atoms with van der Waals surface area (Å²) in [5, 5.41) is 8.57. The predicted molar refractivity (Wildman–Crippen MR) is 229 cm³/mol. The van der Waals surface area contributed by atoms with E-state index >= 15 is 8.78 Å². The fourth-order valence-corrected chi connectivity index (χ4v) is 11.4. The van der Waals surface area contributed by atoms with Gasteiger partial charge in [0.25, 0.3) is 0 Å². The largest absolute Gasteiger partial charge is 0.367 e. The van der Waals surface area contributed by atoms with Crippen LogP contribution < -0.4 is 25.6 Å². The molecule has 0 bridgehead atoms. The summed E-state index contributed by atoms with van der Waals surface area (Å²) < 4.78 is 33.2. The molecule has 8 nitrogen and oxygen atoms in total. The van der Waals surface area contributed by atoms with Crippen molar-refractivity contribution in [3.05, 3.63) is 113 Å². The topological polar surface area (TPSA) is 87.9 Å². The van der Waals surface area contributed by atoms with Crippen LogP contribution in [0.2, 0.25) is 19.6 Å². The van der Waals surface area contributed by atoms with E-state index in [0.29, 0.717) is 24.7 Å². The van der Waals surface area contributed by atoms with E-state index in [9.17, 15) is 0 Å². The van der Waals surface area contributed by atoms with Gasteiger partial charge in [0.05, 0.1) is 54.3 Å². The molecule has 4 aromatic carbocycles. The van der Waals surface area contributed by atoms with Crippen molar-refractivity contribution < 1.29 is 8.78 Å². The Morgan fingerprint density at radius 3 is 1.70 bits per heavy atom. The van der Waals surface area contributed by atoms with Crippen LogP contribution in [0, 0.1) is 11.6 Å². The van der Waals surface area contributed by atoms with E-state index in [1.54, 1.807) is 12.1 Å². The number of nitrogens with zero attached hydrogens (tertiary/aromatic N) is 4. The Hall–Kier alpha value is -4.58. The Balaban J connectivity index is 0.969. The van der Waals surface area contributed by atoms with Gasteiger partial charge >= 0.3 is 0 Å². The van der Waals surface area contributed by atoms with Gasteiger partial charge in [0, 0.05) is 18.8 Å². The van der Waals surface area contributed by atoms with Crippen molar-refractivity contribution in [3.63, 3.8) is 0 Å². The van der Waals surface area contributed by atoms with Crippen LogP contribution in [0.4, 0.5) is 20.2 Å². The number of hydrogen-bond acceptors (Lipinski definition) is 6. The van der Waals surface area contributed by atoms with Gasteiger partial charge in [-0.05, 0) is 123 Å². The van der Waals surface area contributed by atoms with Crippen molar-refractivity contribution in [2.75, 3.05) is 36.0 Å². The minimum atomic E-state index is -1.44. The normalized spacial score (nSPS) is 23.5. The van der Waals surface area contributed by atoms with Crippen LogP contribution in [0.1, 0.15) is 110 Å². The van der Waals surface area contributed by atoms with Crippen molar-refractivity contribution >= 4 is 46.7 Å². The molecular formula is C46H54F2N8Si. The molecule has 57 heavy (non-hydrogen) atoms. The number of aromatic amines is 2. The first-order valence-corrected chi connectivity index (χ1v) is 24.7. The highest BCUT2D eigenvalue weighted by Gasteiger charge is 2.38. The zero-order valence-electron chi connectivity index (χ0n) is 33.3. The summed E-state index contributed by atoms with van der Waals surface area (Å²) in [5.41, 5.74) is 8.12. The van der Waals surface area contributed by atoms with Crippen LogP contribution in [0.5, 0.6) is 0 Å². The van der Waals surface area contributed by atoms with Gasteiger partial charge in [-0.1, -0.05) is 61.2 Å². The molecule has 0 unspecified atom stereocenters. The third-order valence-corrected chi connectivity index (χ3v) is 15.4. The van der Waals surface area contributed by atoms with Crippen molar-refractivity contribution in [1.82, 2.24) is 30.6 Å². The highest BCUT2D eigenvalue weighted by Crippen LogP contribution is 2.49. The summed E-state index contributed by atoms with van der Waals surface area (Å²) in [6.45, 7) is 10.4. The smallest absolute Gasteiger partial charge is 0.151 e. The molecule has 4 aliphatic rings. The van der Waals surface area contributed by atoms with Crippen LogP contribution in [-0.4, -0.2) is 54.2 Å². The first-order valence-electron chi connectivity index (χ1n) is 21.2. The van der Waals surface area contributed by atoms with E-state index in [1.165, 1.54) is 10.8 Å². The molecule has 4 aliphatic heterocycles. The van der Waals surface area contributed by atoms with Gasteiger partial charge in [-0.2, -0.15) is 0 Å². The number of benzene rings is 4. The average Bonchev–Trinajstić information content (AvgIpc) is 4.06. The maximum absolute atomic E-state index is 16.6. The number of nitrogens with one attached hydrogen (secondary N) is 4. The van der Waals surface area contributed by atoms with Gasteiger partial charge in [0.1, 0.15) is 17.3 Å². The van der Waals surface area contributed by atoms with E-state index < -0.39 is 19.7 Å². The van der Waals surface area contributed by atoms with Gasteiger partial charge in [-0.25, -0.2) is 18.7 Å². The fourth-order valence-electron chi connectivity index (χ4n) is 10.2.